The second-order valence-corrected chi connectivity index (χ2v) is 5.58. The van der Waals surface area contributed by atoms with Crippen molar-refractivity contribution in [2.24, 2.45) is 11.8 Å². The van der Waals surface area contributed by atoms with Gasteiger partial charge in [0.15, 0.2) is 0 Å². The van der Waals surface area contributed by atoms with Crippen LogP contribution in [0.4, 0.5) is 0 Å². The molecule has 0 aliphatic heterocycles. The van der Waals surface area contributed by atoms with Gasteiger partial charge in [-0.2, -0.15) is 0 Å². The molecule has 1 aromatic carbocycles. The molecule has 2 atom stereocenters. The minimum absolute atomic E-state index is 0.946. The Morgan fingerprint density at radius 1 is 1.18 bits per heavy atom. The lowest BCUT2D eigenvalue weighted by Crippen LogP contribution is -2.22. The van der Waals surface area contributed by atoms with Crippen molar-refractivity contribution in [3.63, 3.8) is 0 Å². The molecule has 1 heteroatoms. The Morgan fingerprint density at radius 2 is 2.00 bits per heavy atom. The maximum Gasteiger partial charge on any atom is -0.00204 e. The number of nitrogens with one attached hydrogen (secondary N) is 1. The van der Waals surface area contributed by atoms with Crippen LogP contribution in [0.5, 0.6) is 0 Å². The molecular weight excluding hydrogens is 206 g/mol. The van der Waals surface area contributed by atoms with E-state index in [1.807, 2.05) is 0 Å². The van der Waals surface area contributed by atoms with E-state index in [0.29, 0.717) is 0 Å². The van der Waals surface area contributed by atoms with Crippen molar-refractivity contribution in [1.82, 2.24) is 5.32 Å². The first-order chi connectivity index (χ1) is 8.34. The average Bonchev–Trinajstić information content (AvgIpc) is 2.76. The Morgan fingerprint density at radius 3 is 2.71 bits per heavy atom. The van der Waals surface area contributed by atoms with Gasteiger partial charge < -0.3 is 5.32 Å². The molecule has 2 rings (SSSR count). The van der Waals surface area contributed by atoms with Gasteiger partial charge in [-0.3, -0.25) is 0 Å². The van der Waals surface area contributed by atoms with E-state index in [1.165, 1.54) is 50.8 Å². The van der Waals surface area contributed by atoms with Crippen LogP contribution in [0.1, 0.15) is 38.2 Å². The lowest BCUT2D eigenvalue weighted by atomic mass is 10.1. The van der Waals surface area contributed by atoms with Crippen molar-refractivity contribution in [3.8, 4) is 0 Å². The molecule has 1 N–H and O–H groups in total. The summed E-state index contributed by atoms with van der Waals surface area (Å²) >= 11 is 0. The molecular formula is C16H25N. The van der Waals surface area contributed by atoms with Gasteiger partial charge in [0, 0.05) is 0 Å². The summed E-state index contributed by atoms with van der Waals surface area (Å²) in [6.07, 6.45) is 6.77. The molecule has 1 aliphatic carbocycles. The van der Waals surface area contributed by atoms with Crippen molar-refractivity contribution < 1.29 is 0 Å². The fraction of sp³-hybridized carbons (Fsp3) is 0.625. The molecule has 0 aromatic heterocycles. The molecule has 1 aromatic rings. The monoisotopic (exact) mass is 231 g/mol. The third-order valence-corrected chi connectivity index (χ3v) is 3.90. The summed E-state index contributed by atoms with van der Waals surface area (Å²) in [5, 5.41) is 3.62. The maximum atomic E-state index is 3.62. The van der Waals surface area contributed by atoms with Gasteiger partial charge in [-0.25, -0.2) is 0 Å². The molecule has 1 fully saturated rings. The van der Waals surface area contributed by atoms with Crippen LogP contribution in [-0.2, 0) is 6.42 Å². The predicted octanol–water partition coefficient (Wildman–Crippen LogP) is 3.65. The van der Waals surface area contributed by atoms with Crippen LogP contribution in [0.3, 0.4) is 0 Å². The zero-order valence-electron chi connectivity index (χ0n) is 11.0. The van der Waals surface area contributed by atoms with Gasteiger partial charge in [0.1, 0.15) is 0 Å². The zero-order valence-corrected chi connectivity index (χ0v) is 11.0. The average molecular weight is 231 g/mol. The zero-order chi connectivity index (χ0) is 11.9. The third-order valence-electron chi connectivity index (χ3n) is 3.90. The molecule has 0 amide bonds. The van der Waals surface area contributed by atoms with Crippen molar-refractivity contribution in [3.05, 3.63) is 35.9 Å². The van der Waals surface area contributed by atoms with Crippen LogP contribution in [0.25, 0.3) is 0 Å². The molecule has 0 radical (unpaired) electrons. The first-order valence-corrected chi connectivity index (χ1v) is 7.09. The Hall–Kier alpha value is -0.820. The summed E-state index contributed by atoms with van der Waals surface area (Å²) in [5.74, 6) is 1.91. The van der Waals surface area contributed by atoms with E-state index in [9.17, 15) is 0 Å². The van der Waals surface area contributed by atoms with Crippen molar-refractivity contribution in [2.75, 3.05) is 13.1 Å². The van der Waals surface area contributed by atoms with Crippen LogP contribution < -0.4 is 5.32 Å². The Labute approximate surface area is 106 Å². The van der Waals surface area contributed by atoms with E-state index in [0.717, 1.165) is 11.8 Å². The highest BCUT2D eigenvalue weighted by molar-refractivity contribution is 5.14. The van der Waals surface area contributed by atoms with E-state index in [1.54, 1.807) is 0 Å². The summed E-state index contributed by atoms with van der Waals surface area (Å²) in [4.78, 5) is 0. The Bertz CT molecular complexity index is 307. The van der Waals surface area contributed by atoms with Gasteiger partial charge in [0.05, 0.1) is 0 Å². The fourth-order valence-corrected chi connectivity index (χ4v) is 2.88. The number of hydrogen-bond donors (Lipinski definition) is 1. The second kappa shape index (κ2) is 6.80. The van der Waals surface area contributed by atoms with Gasteiger partial charge in [0.2, 0.25) is 0 Å². The van der Waals surface area contributed by atoms with Crippen molar-refractivity contribution in [2.45, 2.75) is 39.0 Å². The number of aryl methyl sites for hydroxylation is 1. The molecule has 0 saturated heterocycles. The van der Waals surface area contributed by atoms with E-state index in [2.05, 4.69) is 42.6 Å². The first kappa shape index (κ1) is 12.6. The van der Waals surface area contributed by atoms with Crippen molar-refractivity contribution in [1.29, 1.82) is 0 Å². The van der Waals surface area contributed by atoms with Gasteiger partial charge in [-0.05, 0) is 56.2 Å². The largest absolute Gasteiger partial charge is 0.316 e. The van der Waals surface area contributed by atoms with Crippen LogP contribution in [-0.4, -0.2) is 13.1 Å². The summed E-state index contributed by atoms with van der Waals surface area (Å²) in [6.45, 7) is 4.79. The summed E-state index contributed by atoms with van der Waals surface area (Å²) in [7, 11) is 0. The Kier molecular flexibility index (Phi) is 5.06. The Balaban J connectivity index is 1.52. The molecule has 94 valence electrons. The first-order valence-electron chi connectivity index (χ1n) is 7.09. The summed E-state index contributed by atoms with van der Waals surface area (Å²) < 4.78 is 0. The highest BCUT2D eigenvalue weighted by Crippen LogP contribution is 2.29. The SMILES string of the molecule is CC1CCC(CNCCCc2ccccc2)C1. The number of rotatable bonds is 6. The molecule has 0 spiro atoms. The predicted molar refractivity (Wildman–Crippen MR) is 74.1 cm³/mol. The molecule has 1 nitrogen and oxygen atoms in total. The van der Waals surface area contributed by atoms with Crippen molar-refractivity contribution >= 4 is 0 Å². The molecule has 1 saturated carbocycles. The summed E-state index contributed by atoms with van der Waals surface area (Å²) in [6, 6.07) is 10.8. The van der Waals surface area contributed by atoms with Crippen LogP contribution in [0.15, 0.2) is 30.3 Å². The third kappa shape index (κ3) is 4.51. The van der Waals surface area contributed by atoms with Crippen LogP contribution >= 0.6 is 0 Å². The van der Waals surface area contributed by atoms with Gasteiger partial charge in [-0.1, -0.05) is 43.7 Å². The minimum atomic E-state index is 0.946. The van der Waals surface area contributed by atoms with Gasteiger partial charge in [-0.15, -0.1) is 0 Å². The standard InChI is InChI=1S/C16H25N/c1-14-9-10-16(12-14)13-17-11-5-8-15-6-3-2-4-7-15/h2-4,6-7,14,16-17H,5,8-13H2,1H3. The smallest absolute Gasteiger partial charge is 0.00204 e. The lowest BCUT2D eigenvalue weighted by Gasteiger charge is -2.10. The molecule has 0 bridgehead atoms. The minimum Gasteiger partial charge on any atom is -0.316 e. The van der Waals surface area contributed by atoms with Gasteiger partial charge in [0.25, 0.3) is 0 Å². The molecule has 0 heterocycles. The fourth-order valence-electron chi connectivity index (χ4n) is 2.88. The van der Waals surface area contributed by atoms with Crippen LogP contribution in [0.2, 0.25) is 0 Å². The highest BCUT2D eigenvalue weighted by atomic mass is 14.9. The number of hydrogen-bond acceptors (Lipinski definition) is 1. The van der Waals surface area contributed by atoms with E-state index in [4.69, 9.17) is 0 Å². The van der Waals surface area contributed by atoms with Crippen LogP contribution in [0, 0.1) is 11.8 Å². The molecule has 17 heavy (non-hydrogen) atoms. The van der Waals surface area contributed by atoms with E-state index < -0.39 is 0 Å². The van der Waals surface area contributed by atoms with E-state index in [-0.39, 0.29) is 0 Å². The van der Waals surface area contributed by atoms with Gasteiger partial charge >= 0.3 is 0 Å². The summed E-state index contributed by atoms with van der Waals surface area (Å²) in [5.41, 5.74) is 1.46. The van der Waals surface area contributed by atoms with E-state index >= 15 is 0 Å². The maximum absolute atomic E-state index is 3.62. The topological polar surface area (TPSA) is 12.0 Å². The lowest BCUT2D eigenvalue weighted by molar-refractivity contribution is 0.468. The number of benzene rings is 1. The second-order valence-electron chi connectivity index (χ2n) is 5.58. The molecule has 2 unspecified atom stereocenters. The normalized spacial score (nSPS) is 24.1. The quantitative estimate of drug-likeness (QED) is 0.737. The highest BCUT2D eigenvalue weighted by Gasteiger charge is 2.20. The molecule has 1 aliphatic rings.